The van der Waals surface area contributed by atoms with Crippen molar-refractivity contribution in [2.45, 2.75) is 73.8 Å². The third-order valence-electron chi connectivity index (χ3n) is 11.2. The monoisotopic (exact) mass is 736 g/mol. The van der Waals surface area contributed by atoms with Crippen LogP contribution in [-0.2, 0) is 29.8 Å². The van der Waals surface area contributed by atoms with E-state index in [1.807, 2.05) is 24.3 Å². The second-order valence-electron chi connectivity index (χ2n) is 13.2. The summed E-state index contributed by atoms with van der Waals surface area (Å²) >= 11 is 7.02. The molecule has 0 radical (unpaired) electrons. The highest BCUT2D eigenvalue weighted by Crippen LogP contribution is 2.55. The van der Waals surface area contributed by atoms with E-state index in [0.29, 0.717) is 51.5 Å². The molecule has 10 heteroatoms. The third-order valence-corrected chi connectivity index (χ3v) is 12.2. The first-order valence-corrected chi connectivity index (χ1v) is 17.6. The van der Waals surface area contributed by atoms with Crippen LogP contribution in [0.3, 0.4) is 0 Å². The van der Waals surface area contributed by atoms with Crippen LogP contribution >= 0.6 is 31.9 Å². The van der Waals surface area contributed by atoms with E-state index in [4.69, 9.17) is 28.4 Å². The zero-order valence-corrected chi connectivity index (χ0v) is 28.2. The minimum atomic E-state index is -0.427. The van der Waals surface area contributed by atoms with Crippen LogP contribution in [0, 0.1) is 11.8 Å². The fraction of sp³-hybridized carbons (Fsp3) is 0.647. The molecule has 0 amide bonds. The molecule has 44 heavy (non-hydrogen) atoms. The average molecular weight is 739 g/mol. The SMILES string of the molecule is OC[C@@]12CCC3(C[C@@H]1CCOc1cc(Br)ccc12)OCCO3.OC[C@]12CCC3(C[C@H]1CCOc1cc(Br)ccc12)OCCO3. The second kappa shape index (κ2) is 12.4. The molecule has 8 nitrogen and oxygen atoms in total. The van der Waals surface area contributed by atoms with Gasteiger partial charge in [0.25, 0.3) is 0 Å². The summed E-state index contributed by atoms with van der Waals surface area (Å²) in [7, 11) is 0. The molecule has 2 saturated carbocycles. The van der Waals surface area contributed by atoms with Gasteiger partial charge in [-0.1, -0.05) is 44.0 Å². The van der Waals surface area contributed by atoms with Crippen LogP contribution in [0.25, 0.3) is 0 Å². The van der Waals surface area contributed by atoms with Crippen LogP contribution < -0.4 is 9.47 Å². The van der Waals surface area contributed by atoms with Crippen LogP contribution in [0.2, 0.25) is 0 Å². The van der Waals surface area contributed by atoms with Crippen molar-refractivity contribution in [3.05, 3.63) is 56.5 Å². The Hall–Kier alpha value is -1.24. The summed E-state index contributed by atoms with van der Waals surface area (Å²) in [5, 5.41) is 20.6. The number of aliphatic hydroxyl groups excluding tert-OH is 2. The highest BCUT2D eigenvalue weighted by molar-refractivity contribution is 9.10. The van der Waals surface area contributed by atoms with E-state index in [1.165, 1.54) is 0 Å². The van der Waals surface area contributed by atoms with Gasteiger partial charge in [-0.3, -0.25) is 0 Å². The molecule has 0 aromatic heterocycles. The zero-order chi connectivity index (χ0) is 30.4. The molecule has 4 aliphatic heterocycles. The quantitative estimate of drug-likeness (QED) is 0.387. The van der Waals surface area contributed by atoms with Gasteiger partial charge in [-0.2, -0.15) is 0 Å². The Bertz CT molecular complexity index is 1240. The molecule has 4 fully saturated rings. The van der Waals surface area contributed by atoms with E-state index < -0.39 is 11.6 Å². The highest BCUT2D eigenvalue weighted by Gasteiger charge is 2.55. The van der Waals surface area contributed by atoms with Crippen molar-refractivity contribution < 1.29 is 38.6 Å². The van der Waals surface area contributed by atoms with Crippen molar-refractivity contribution >= 4 is 31.9 Å². The summed E-state index contributed by atoms with van der Waals surface area (Å²) < 4.78 is 37.6. The van der Waals surface area contributed by atoms with E-state index in [0.717, 1.165) is 82.9 Å². The lowest BCUT2D eigenvalue weighted by Crippen LogP contribution is -2.50. The van der Waals surface area contributed by atoms with Gasteiger partial charge in [0.15, 0.2) is 11.6 Å². The van der Waals surface area contributed by atoms with Crippen LogP contribution in [0.1, 0.15) is 62.5 Å². The minimum Gasteiger partial charge on any atom is -0.493 e. The van der Waals surface area contributed by atoms with E-state index in [-0.39, 0.29) is 24.0 Å². The van der Waals surface area contributed by atoms with Gasteiger partial charge in [0, 0.05) is 56.6 Å². The summed E-state index contributed by atoms with van der Waals surface area (Å²) in [4.78, 5) is 0. The Morgan fingerprint density at radius 1 is 0.591 bits per heavy atom. The van der Waals surface area contributed by atoms with Gasteiger partial charge in [0.05, 0.1) is 52.9 Å². The predicted octanol–water partition coefficient (Wildman–Crippen LogP) is 6.01. The van der Waals surface area contributed by atoms with Crippen molar-refractivity contribution in [3.8, 4) is 11.5 Å². The van der Waals surface area contributed by atoms with Gasteiger partial charge < -0.3 is 38.6 Å². The molecule has 6 aliphatic rings. The molecule has 4 atom stereocenters. The van der Waals surface area contributed by atoms with Gasteiger partial charge in [-0.15, -0.1) is 0 Å². The van der Waals surface area contributed by atoms with Crippen molar-refractivity contribution in [2.75, 3.05) is 52.9 Å². The number of benzene rings is 2. The first-order chi connectivity index (χ1) is 21.3. The average Bonchev–Trinajstić information content (AvgIpc) is 3.61. The summed E-state index contributed by atoms with van der Waals surface area (Å²) in [6.45, 7) is 4.35. The molecule has 2 saturated heterocycles. The highest BCUT2D eigenvalue weighted by atomic mass is 79.9. The van der Waals surface area contributed by atoms with Gasteiger partial charge in [-0.05, 0) is 61.8 Å². The van der Waals surface area contributed by atoms with Crippen molar-refractivity contribution in [1.82, 2.24) is 0 Å². The number of ether oxygens (including phenoxy) is 6. The maximum atomic E-state index is 10.3. The van der Waals surface area contributed by atoms with Crippen molar-refractivity contribution in [2.24, 2.45) is 11.8 Å². The lowest BCUT2D eigenvalue weighted by atomic mass is 9.60. The molecule has 2 aromatic rings. The fourth-order valence-electron chi connectivity index (χ4n) is 8.83. The van der Waals surface area contributed by atoms with Crippen LogP contribution in [-0.4, -0.2) is 74.6 Å². The van der Waals surface area contributed by atoms with E-state index in [1.54, 1.807) is 0 Å². The minimum absolute atomic E-state index is 0.145. The van der Waals surface area contributed by atoms with Gasteiger partial charge in [0.2, 0.25) is 0 Å². The van der Waals surface area contributed by atoms with Crippen LogP contribution in [0.15, 0.2) is 45.3 Å². The Morgan fingerprint density at radius 2 is 1.00 bits per heavy atom. The van der Waals surface area contributed by atoms with Crippen molar-refractivity contribution in [3.63, 3.8) is 0 Å². The first kappa shape index (κ1) is 31.4. The molecule has 2 aromatic carbocycles. The number of halogens is 2. The number of hydrogen-bond donors (Lipinski definition) is 2. The Kier molecular flexibility index (Phi) is 8.85. The Labute approximate surface area is 275 Å². The molecular weight excluding hydrogens is 696 g/mol. The van der Waals surface area contributed by atoms with Crippen molar-refractivity contribution in [1.29, 1.82) is 0 Å². The zero-order valence-electron chi connectivity index (χ0n) is 25.0. The summed E-state index contributed by atoms with van der Waals surface area (Å²) in [5.74, 6) is 1.57. The molecule has 240 valence electrons. The summed E-state index contributed by atoms with van der Waals surface area (Å²) in [5.41, 5.74) is 1.78. The molecule has 8 rings (SSSR count). The topological polar surface area (TPSA) is 95.8 Å². The molecule has 2 spiro atoms. The van der Waals surface area contributed by atoms with Gasteiger partial charge in [-0.25, -0.2) is 0 Å². The Morgan fingerprint density at radius 3 is 1.39 bits per heavy atom. The largest absolute Gasteiger partial charge is 0.493 e. The maximum Gasteiger partial charge on any atom is 0.168 e. The first-order valence-electron chi connectivity index (χ1n) is 16.0. The third kappa shape index (κ3) is 5.45. The van der Waals surface area contributed by atoms with Gasteiger partial charge in [0.1, 0.15) is 11.5 Å². The number of aliphatic hydroxyl groups is 2. The number of rotatable bonds is 2. The Balaban J connectivity index is 0.000000142. The lowest BCUT2D eigenvalue weighted by molar-refractivity contribution is -0.202. The fourth-order valence-corrected chi connectivity index (χ4v) is 9.51. The standard InChI is InChI=1S/2C17H21BrO4/c2*18-13-1-2-14-15(9-13)20-6-3-12-10-17(21-7-8-22-17)5-4-16(12,14)11-19/h2*1-2,9,12,19H,3-8,10-11H2/t2*12-,16-/m10/s1. The molecule has 2 N–H and O–H groups in total. The predicted molar refractivity (Wildman–Crippen MR) is 170 cm³/mol. The van der Waals surface area contributed by atoms with Gasteiger partial charge >= 0.3 is 0 Å². The second-order valence-corrected chi connectivity index (χ2v) is 15.0. The molecule has 0 bridgehead atoms. The molecular formula is C34H42Br2O8. The number of hydrogen-bond acceptors (Lipinski definition) is 8. The number of fused-ring (bicyclic) bond motifs is 6. The molecule has 4 heterocycles. The maximum absolute atomic E-state index is 10.3. The smallest absolute Gasteiger partial charge is 0.168 e. The lowest BCUT2D eigenvalue weighted by Gasteiger charge is -2.48. The van der Waals surface area contributed by atoms with E-state index in [2.05, 4.69) is 44.0 Å². The summed E-state index contributed by atoms with van der Waals surface area (Å²) in [6.07, 6.45) is 6.92. The van der Waals surface area contributed by atoms with Crippen LogP contribution in [0.5, 0.6) is 11.5 Å². The van der Waals surface area contributed by atoms with Crippen LogP contribution in [0.4, 0.5) is 0 Å². The van der Waals surface area contributed by atoms with E-state index in [9.17, 15) is 10.2 Å². The van der Waals surface area contributed by atoms with E-state index >= 15 is 0 Å². The molecule has 2 aliphatic carbocycles. The summed E-state index contributed by atoms with van der Waals surface area (Å²) in [6, 6.07) is 12.3. The normalized spacial score (nSPS) is 32.9. The molecule has 0 unspecified atom stereocenters.